The molecule has 2 heteroatoms. The van der Waals surface area contributed by atoms with Crippen LogP contribution in [0.2, 0.25) is 0 Å². The van der Waals surface area contributed by atoms with Gasteiger partial charge in [-0.3, -0.25) is 9.98 Å². The number of pyridine rings is 1. The number of allylic oxidation sites excluding steroid dienone is 1. The fraction of sp³-hybridized carbons (Fsp3) is 0.273. The maximum atomic E-state index is 4.26. The van der Waals surface area contributed by atoms with Gasteiger partial charge in [0.2, 0.25) is 0 Å². The molecule has 0 saturated carbocycles. The van der Waals surface area contributed by atoms with E-state index in [1.54, 1.807) is 6.20 Å². The third-order valence-corrected chi connectivity index (χ3v) is 1.64. The molecule has 2 nitrogen and oxygen atoms in total. The van der Waals surface area contributed by atoms with Gasteiger partial charge < -0.3 is 0 Å². The lowest BCUT2D eigenvalue weighted by Crippen LogP contribution is -1.95. The van der Waals surface area contributed by atoms with Gasteiger partial charge in [-0.1, -0.05) is 19.1 Å². The molecule has 0 spiro atoms. The molecule has 0 aliphatic rings. The smallest absolute Gasteiger partial charge is 0.0841 e. The highest BCUT2D eigenvalue weighted by molar-refractivity contribution is 5.97. The predicted octanol–water partition coefficient (Wildman–Crippen LogP) is 2.81. The number of rotatable bonds is 3. The Labute approximate surface area is 79.0 Å². The quantitative estimate of drug-likeness (QED) is 0.647. The summed E-state index contributed by atoms with van der Waals surface area (Å²) in [6.07, 6.45) is 6.63. The van der Waals surface area contributed by atoms with Gasteiger partial charge in [0.1, 0.15) is 0 Å². The number of aromatic nitrogens is 1. The van der Waals surface area contributed by atoms with E-state index in [2.05, 4.69) is 16.9 Å². The highest BCUT2D eigenvalue weighted by Crippen LogP contribution is 1.96. The lowest BCUT2D eigenvalue weighted by Gasteiger charge is -1.95. The van der Waals surface area contributed by atoms with Gasteiger partial charge in [-0.05, 0) is 25.5 Å². The molecule has 1 heterocycles. The Balaban J connectivity index is 2.73. The van der Waals surface area contributed by atoms with Crippen molar-refractivity contribution in [3.63, 3.8) is 0 Å². The molecule has 1 rings (SSSR count). The maximum absolute atomic E-state index is 4.26. The van der Waals surface area contributed by atoms with Gasteiger partial charge in [-0.2, -0.15) is 0 Å². The number of aliphatic imine (C=N–C) groups is 1. The van der Waals surface area contributed by atoms with Crippen LogP contribution in [-0.2, 0) is 0 Å². The van der Waals surface area contributed by atoms with Crippen molar-refractivity contribution >= 4 is 5.71 Å². The first kappa shape index (κ1) is 9.65. The lowest BCUT2D eigenvalue weighted by molar-refractivity contribution is 1.21. The highest BCUT2D eigenvalue weighted by atomic mass is 14.8. The summed E-state index contributed by atoms with van der Waals surface area (Å²) in [4.78, 5) is 8.45. The first-order chi connectivity index (χ1) is 6.34. The average molecular weight is 174 g/mol. The third kappa shape index (κ3) is 3.20. The van der Waals surface area contributed by atoms with E-state index in [-0.39, 0.29) is 0 Å². The van der Waals surface area contributed by atoms with Gasteiger partial charge in [-0.25, -0.2) is 0 Å². The molecule has 1 aromatic rings. The van der Waals surface area contributed by atoms with E-state index < -0.39 is 0 Å². The molecule has 0 fully saturated rings. The summed E-state index contributed by atoms with van der Waals surface area (Å²) in [6, 6.07) is 5.82. The first-order valence-corrected chi connectivity index (χ1v) is 4.45. The predicted molar refractivity (Wildman–Crippen MR) is 55.9 cm³/mol. The van der Waals surface area contributed by atoms with Crippen molar-refractivity contribution in [3.05, 3.63) is 42.4 Å². The third-order valence-electron chi connectivity index (χ3n) is 1.64. The van der Waals surface area contributed by atoms with E-state index in [0.717, 1.165) is 17.8 Å². The molecule has 0 aliphatic heterocycles. The molecule has 0 bridgehead atoms. The van der Waals surface area contributed by atoms with Gasteiger partial charge in [0.25, 0.3) is 0 Å². The van der Waals surface area contributed by atoms with Gasteiger partial charge in [0, 0.05) is 12.4 Å². The summed E-state index contributed by atoms with van der Waals surface area (Å²) in [6.45, 7) is 4.05. The zero-order valence-corrected chi connectivity index (χ0v) is 8.07. The summed E-state index contributed by atoms with van der Waals surface area (Å²) in [5, 5.41) is 0. The molecular formula is C11H14N2. The molecule has 13 heavy (non-hydrogen) atoms. The molecule has 68 valence electrons. The fourth-order valence-corrected chi connectivity index (χ4v) is 0.913. The molecule has 0 aromatic carbocycles. The minimum absolute atomic E-state index is 0.934. The van der Waals surface area contributed by atoms with E-state index in [0.29, 0.717) is 0 Å². The highest BCUT2D eigenvalue weighted by Gasteiger charge is 1.93. The molecule has 0 atom stereocenters. The van der Waals surface area contributed by atoms with E-state index in [9.17, 15) is 0 Å². The van der Waals surface area contributed by atoms with E-state index in [4.69, 9.17) is 0 Å². The van der Waals surface area contributed by atoms with E-state index >= 15 is 0 Å². The molecule has 0 amide bonds. The SMILES string of the molecule is CC/C=C\N=C(C)c1ccccn1. The van der Waals surface area contributed by atoms with Gasteiger partial charge in [0.15, 0.2) is 0 Å². The molecule has 0 N–H and O–H groups in total. The number of hydrogen-bond acceptors (Lipinski definition) is 2. The van der Waals surface area contributed by atoms with Crippen molar-refractivity contribution in [2.75, 3.05) is 0 Å². The van der Waals surface area contributed by atoms with Crippen molar-refractivity contribution in [1.82, 2.24) is 4.98 Å². The summed E-state index contributed by atoms with van der Waals surface area (Å²) >= 11 is 0. The largest absolute Gasteiger partial charge is 0.260 e. The Hall–Kier alpha value is -1.44. The second kappa shape index (κ2) is 5.25. The number of nitrogens with zero attached hydrogens (tertiary/aromatic N) is 2. The van der Waals surface area contributed by atoms with Crippen molar-refractivity contribution in [1.29, 1.82) is 0 Å². The fourth-order valence-electron chi connectivity index (χ4n) is 0.913. The Morgan fingerprint density at radius 2 is 2.38 bits per heavy atom. The van der Waals surface area contributed by atoms with Crippen LogP contribution in [0.15, 0.2) is 41.7 Å². The second-order valence-electron chi connectivity index (χ2n) is 2.72. The van der Waals surface area contributed by atoms with Crippen LogP contribution in [-0.4, -0.2) is 10.7 Å². The van der Waals surface area contributed by atoms with E-state index in [1.807, 2.05) is 37.4 Å². The minimum atomic E-state index is 0.934. The standard InChI is InChI=1S/C11H14N2/c1-3-4-8-12-10(2)11-7-5-6-9-13-11/h4-9H,3H2,1-2H3/b8-4-,12-10?. The van der Waals surface area contributed by atoms with Crippen molar-refractivity contribution < 1.29 is 0 Å². The Morgan fingerprint density at radius 1 is 1.54 bits per heavy atom. The van der Waals surface area contributed by atoms with Crippen LogP contribution in [0.5, 0.6) is 0 Å². The van der Waals surface area contributed by atoms with Crippen molar-refractivity contribution in [2.24, 2.45) is 4.99 Å². The minimum Gasteiger partial charge on any atom is -0.260 e. The Bertz CT molecular complexity index is 299. The van der Waals surface area contributed by atoms with Crippen LogP contribution in [0.3, 0.4) is 0 Å². The number of hydrogen-bond donors (Lipinski definition) is 0. The molecule has 0 aliphatic carbocycles. The topological polar surface area (TPSA) is 25.2 Å². The zero-order chi connectivity index (χ0) is 9.52. The van der Waals surface area contributed by atoms with Crippen LogP contribution in [0.1, 0.15) is 26.0 Å². The second-order valence-corrected chi connectivity index (χ2v) is 2.72. The monoisotopic (exact) mass is 174 g/mol. The lowest BCUT2D eigenvalue weighted by atomic mass is 10.2. The van der Waals surface area contributed by atoms with E-state index in [1.165, 1.54) is 0 Å². The Kier molecular flexibility index (Phi) is 3.89. The van der Waals surface area contributed by atoms with Gasteiger partial charge >= 0.3 is 0 Å². The van der Waals surface area contributed by atoms with Crippen LogP contribution in [0, 0.1) is 0 Å². The van der Waals surface area contributed by atoms with Crippen LogP contribution < -0.4 is 0 Å². The molecule has 0 unspecified atom stereocenters. The Morgan fingerprint density at radius 3 is 3.00 bits per heavy atom. The summed E-state index contributed by atoms with van der Waals surface area (Å²) in [5.74, 6) is 0. The first-order valence-electron chi connectivity index (χ1n) is 4.45. The summed E-state index contributed by atoms with van der Waals surface area (Å²) in [5.41, 5.74) is 1.88. The van der Waals surface area contributed by atoms with Crippen molar-refractivity contribution in [2.45, 2.75) is 20.3 Å². The molecule has 0 radical (unpaired) electrons. The van der Waals surface area contributed by atoms with Crippen molar-refractivity contribution in [3.8, 4) is 0 Å². The normalized spacial score (nSPS) is 12.3. The zero-order valence-electron chi connectivity index (χ0n) is 8.07. The van der Waals surface area contributed by atoms with Gasteiger partial charge in [-0.15, -0.1) is 0 Å². The van der Waals surface area contributed by atoms with Crippen LogP contribution in [0.4, 0.5) is 0 Å². The molecular weight excluding hydrogens is 160 g/mol. The summed E-state index contributed by atoms with van der Waals surface area (Å²) < 4.78 is 0. The average Bonchev–Trinajstić information content (AvgIpc) is 2.19. The van der Waals surface area contributed by atoms with Crippen LogP contribution >= 0.6 is 0 Å². The van der Waals surface area contributed by atoms with Gasteiger partial charge in [0.05, 0.1) is 11.4 Å². The molecule has 0 saturated heterocycles. The molecule has 1 aromatic heterocycles. The van der Waals surface area contributed by atoms with Crippen LogP contribution in [0.25, 0.3) is 0 Å². The maximum Gasteiger partial charge on any atom is 0.0841 e. The summed E-state index contributed by atoms with van der Waals surface area (Å²) in [7, 11) is 0.